The van der Waals surface area contributed by atoms with Crippen LogP contribution in [-0.2, 0) is 19.1 Å². The molecule has 0 atom stereocenters. The van der Waals surface area contributed by atoms with E-state index in [4.69, 9.17) is 9.84 Å². The van der Waals surface area contributed by atoms with Crippen molar-refractivity contribution in [2.75, 3.05) is 53.0 Å². The number of rotatable bonds is 9. The average Bonchev–Trinajstić information content (AvgIpc) is 3.54. The maximum absolute atomic E-state index is 14.1. The molecule has 1 saturated heterocycles. The summed E-state index contributed by atoms with van der Waals surface area (Å²) in [5.41, 5.74) is 0.218. The van der Waals surface area contributed by atoms with Crippen LogP contribution >= 0.6 is 11.3 Å². The van der Waals surface area contributed by atoms with Gasteiger partial charge in [0.2, 0.25) is 5.88 Å². The molecule has 1 fully saturated rings. The fraction of sp³-hybridized carbons (Fsp3) is 0.393. The zero-order valence-corrected chi connectivity index (χ0v) is 23.2. The Labute approximate surface area is 237 Å². The number of benzene rings is 2. The van der Waals surface area contributed by atoms with Crippen LogP contribution in [-0.4, -0.2) is 83.8 Å². The maximum atomic E-state index is 14.1. The average molecular weight is 590 g/mol. The van der Waals surface area contributed by atoms with Crippen LogP contribution in [0, 0.1) is 0 Å². The first-order chi connectivity index (χ1) is 19.7. The Hall–Kier alpha value is -3.52. The molecular formula is C28H30F3N5O4S. The van der Waals surface area contributed by atoms with Gasteiger partial charge in [-0.05, 0) is 40.6 Å². The second kappa shape index (κ2) is 12.1. The van der Waals surface area contributed by atoms with Crippen LogP contribution in [0.2, 0.25) is 0 Å². The molecule has 2 aliphatic heterocycles. The summed E-state index contributed by atoms with van der Waals surface area (Å²) in [5, 5.41) is 29.5. The van der Waals surface area contributed by atoms with Crippen molar-refractivity contribution in [3.63, 3.8) is 0 Å². The molecule has 0 bridgehead atoms. The molecule has 2 aliphatic rings. The van der Waals surface area contributed by atoms with Crippen LogP contribution in [0.5, 0.6) is 11.6 Å². The molecule has 218 valence electrons. The molecule has 0 saturated carbocycles. The summed E-state index contributed by atoms with van der Waals surface area (Å²) in [6, 6.07) is 8.95. The van der Waals surface area contributed by atoms with Gasteiger partial charge in [-0.3, -0.25) is 19.2 Å². The Morgan fingerprint density at radius 2 is 1.78 bits per heavy atom. The third-order valence-electron chi connectivity index (χ3n) is 7.39. The minimum absolute atomic E-state index is 0.0142. The number of alkyl halides is 3. The summed E-state index contributed by atoms with van der Waals surface area (Å²) in [7, 11) is 1.30. The molecule has 0 spiro atoms. The lowest BCUT2D eigenvalue weighted by molar-refractivity contribution is -0.138. The zero-order chi connectivity index (χ0) is 29.1. The first kappa shape index (κ1) is 29.0. The number of nitrogens with zero attached hydrogens (tertiary/aromatic N) is 5. The minimum Gasteiger partial charge on any atom is -0.497 e. The standard InChI is InChI=1S/C28H30F3N5O4S/c1-40-21-4-2-19(23(16-21)28(29,30)31)15-22(18-3-5-24-20(14-18)17-32-33-24)25-26(38)36(27(39)41-25)11-10-34-6-8-35(9-7-34)12-13-37/h2-5,14,16-17,37-38H,6-13,15H2,1H3. The lowest BCUT2D eigenvalue weighted by atomic mass is 9.96. The van der Waals surface area contributed by atoms with Crippen LogP contribution in [0.4, 0.5) is 13.2 Å². The van der Waals surface area contributed by atoms with Crippen LogP contribution in [0.1, 0.15) is 21.6 Å². The Morgan fingerprint density at radius 3 is 2.46 bits per heavy atom. The van der Waals surface area contributed by atoms with Crippen LogP contribution in [0.25, 0.3) is 5.57 Å². The van der Waals surface area contributed by atoms with Crippen LogP contribution in [0.3, 0.4) is 0 Å². The predicted octanol–water partition coefficient (Wildman–Crippen LogP) is 1.66. The molecule has 9 nitrogen and oxygen atoms in total. The topological polar surface area (TPSA) is 103 Å². The molecule has 13 heteroatoms. The number of halogens is 3. The van der Waals surface area contributed by atoms with E-state index in [2.05, 4.69) is 20.0 Å². The molecule has 3 aromatic rings. The summed E-state index contributed by atoms with van der Waals surface area (Å²) in [5.74, 6) is -0.191. The summed E-state index contributed by atoms with van der Waals surface area (Å²) in [6.45, 7) is 4.61. The van der Waals surface area contributed by atoms with Crippen LogP contribution in [0.15, 0.2) is 51.4 Å². The third kappa shape index (κ3) is 6.38. The number of aromatic hydroxyl groups is 1. The van der Waals surface area contributed by atoms with Crippen molar-refractivity contribution in [3.05, 3.63) is 78.2 Å². The van der Waals surface area contributed by atoms with Crippen molar-refractivity contribution >= 4 is 23.1 Å². The Morgan fingerprint density at radius 1 is 1.05 bits per heavy atom. The molecule has 1 aromatic heterocycles. The van der Waals surface area contributed by atoms with E-state index in [-0.39, 0.29) is 41.6 Å². The lowest BCUT2D eigenvalue weighted by Crippen LogP contribution is -2.48. The van der Waals surface area contributed by atoms with E-state index >= 15 is 0 Å². The van der Waals surface area contributed by atoms with Gasteiger partial charge in [0.1, 0.15) is 5.75 Å². The quantitative estimate of drug-likeness (QED) is 0.394. The van der Waals surface area contributed by atoms with Crippen molar-refractivity contribution in [1.29, 1.82) is 0 Å². The first-order valence-electron chi connectivity index (χ1n) is 13.1. The van der Waals surface area contributed by atoms with E-state index in [9.17, 15) is 23.1 Å². The van der Waals surface area contributed by atoms with E-state index in [1.54, 1.807) is 24.4 Å². The summed E-state index contributed by atoms with van der Waals surface area (Å²) in [6.07, 6.45) is -3.27. The number of aromatic nitrogens is 1. The fourth-order valence-electron chi connectivity index (χ4n) is 5.10. The molecule has 0 unspecified atom stereocenters. The summed E-state index contributed by atoms with van der Waals surface area (Å²) in [4.78, 5) is 17.2. The maximum Gasteiger partial charge on any atom is 0.416 e. The smallest absolute Gasteiger partial charge is 0.416 e. The second-order valence-electron chi connectivity index (χ2n) is 9.87. The van der Waals surface area contributed by atoms with Gasteiger partial charge in [0.25, 0.3) is 0 Å². The number of hydrogen-bond donors (Lipinski definition) is 2. The van der Waals surface area contributed by atoms with Gasteiger partial charge in [0.15, 0.2) is 0 Å². The van der Waals surface area contributed by atoms with Gasteiger partial charge in [-0.15, -0.1) is 0 Å². The number of β-amino-alcohol motifs (C(OH)–C–C–N with tert-alkyl or cyclic N) is 1. The minimum atomic E-state index is -4.64. The Kier molecular flexibility index (Phi) is 8.59. The Bertz CT molecular complexity index is 1620. The largest absolute Gasteiger partial charge is 0.497 e. The van der Waals surface area contributed by atoms with Crippen molar-refractivity contribution in [3.8, 4) is 11.6 Å². The summed E-state index contributed by atoms with van der Waals surface area (Å²) >= 11 is 0.814. The molecule has 41 heavy (non-hydrogen) atoms. The molecule has 2 N–H and O–H groups in total. The molecule has 0 amide bonds. The number of hydrogen-bond acceptors (Lipinski definition) is 9. The number of ether oxygens (including phenoxy) is 1. The molecule has 5 rings (SSSR count). The van der Waals surface area contributed by atoms with Gasteiger partial charge in [-0.1, -0.05) is 23.5 Å². The van der Waals surface area contributed by atoms with E-state index < -0.39 is 16.6 Å². The van der Waals surface area contributed by atoms with E-state index in [0.29, 0.717) is 34.8 Å². The van der Waals surface area contributed by atoms with E-state index in [0.717, 1.165) is 43.6 Å². The molecule has 0 radical (unpaired) electrons. The highest BCUT2D eigenvalue weighted by molar-refractivity contribution is 7.10. The number of thiazole rings is 1. The van der Waals surface area contributed by atoms with Gasteiger partial charge in [-0.25, -0.2) is 0 Å². The first-order valence-corrected chi connectivity index (χ1v) is 14.0. The SMILES string of the molecule is COc1ccc(CC(c2sc(=O)n(CCN3CCN(CCO)CC3)c2O)=c2ccc3c(c2)C=NN=3)c(C(F)(F)F)c1. The number of fused-ring (bicyclic) bond motifs is 1. The van der Waals surface area contributed by atoms with E-state index in [1.165, 1.54) is 23.8 Å². The van der Waals surface area contributed by atoms with E-state index in [1.807, 2.05) is 0 Å². The van der Waals surface area contributed by atoms with Gasteiger partial charge >= 0.3 is 11.0 Å². The van der Waals surface area contributed by atoms with Crippen molar-refractivity contribution < 1.29 is 28.1 Å². The normalized spacial score (nSPS) is 16.5. The molecule has 3 heterocycles. The summed E-state index contributed by atoms with van der Waals surface area (Å²) < 4.78 is 48.5. The van der Waals surface area contributed by atoms with Gasteiger partial charge < -0.3 is 14.9 Å². The van der Waals surface area contributed by atoms with Gasteiger partial charge in [0.05, 0.1) is 35.7 Å². The fourth-order valence-corrected chi connectivity index (χ4v) is 6.08. The second-order valence-corrected chi connectivity index (χ2v) is 10.8. The van der Waals surface area contributed by atoms with Crippen molar-refractivity contribution in [1.82, 2.24) is 14.4 Å². The predicted molar refractivity (Wildman–Crippen MR) is 149 cm³/mol. The van der Waals surface area contributed by atoms with Crippen molar-refractivity contribution in [2.45, 2.75) is 19.1 Å². The highest BCUT2D eigenvalue weighted by Crippen LogP contribution is 2.37. The molecule has 2 aromatic carbocycles. The third-order valence-corrected chi connectivity index (χ3v) is 8.42. The lowest BCUT2D eigenvalue weighted by Gasteiger charge is -2.34. The highest BCUT2D eigenvalue weighted by Gasteiger charge is 2.34. The number of methoxy groups -OCH3 is 1. The number of piperazine rings is 1. The van der Waals surface area contributed by atoms with Gasteiger partial charge in [0, 0.05) is 57.8 Å². The number of aliphatic hydroxyl groups excluding tert-OH is 1. The number of aliphatic hydroxyl groups is 1. The molecular weight excluding hydrogens is 559 g/mol. The molecule has 0 aliphatic carbocycles. The Balaban J connectivity index is 1.52. The zero-order valence-electron chi connectivity index (χ0n) is 22.4. The van der Waals surface area contributed by atoms with Crippen molar-refractivity contribution in [2.24, 2.45) is 10.2 Å². The van der Waals surface area contributed by atoms with Gasteiger partial charge in [-0.2, -0.15) is 23.4 Å². The highest BCUT2D eigenvalue weighted by atomic mass is 32.1. The monoisotopic (exact) mass is 589 g/mol. The van der Waals surface area contributed by atoms with Crippen LogP contribution < -0.4 is 20.2 Å².